The summed E-state index contributed by atoms with van der Waals surface area (Å²) in [7, 11) is -13.4. The van der Waals surface area contributed by atoms with E-state index in [0.717, 1.165) is 24.4 Å². The van der Waals surface area contributed by atoms with Crippen LogP contribution in [-0.4, -0.2) is 69.2 Å². The van der Waals surface area contributed by atoms with Crippen LogP contribution in [-0.2, 0) is 51.6 Å². The molecule has 2 aromatic rings. The Labute approximate surface area is 217 Å². The van der Waals surface area contributed by atoms with E-state index < -0.39 is 53.4 Å². The number of nitrogens with one attached hydrogen (secondary N) is 2. The molecule has 14 nitrogen and oxygen atoms in total. The van der Waals surface area contributed by atoms with Gasteiger partial charge in [0.2, 0.25) is 0 Å². The van der Waals surface area contributed by atoms with Gasteiger partial charge in [-0.05, 0) is 29.8 Å². The number of phenols is 1. The summed E-state index contributed by atoms with van der Waals surface area (Å²) in [5.74, 6) is -1.37. The summed E-state index contributed by atoms with van der Waals surface area (Å²) in [6.07, 6.45) is 1.90. The van der Waals surface area contributed by atoms with Gasteiger partial charge in [0.25, 0.3) is 10.1 Å². The van der Waals surface area contributed by atoms with Crippen molar-refractivity contribution in [1.29, 1.82) is 5.41 Å². The maximum atomic E-state index is 12.4. The largest absolute Gasteiger partial charge is 0.507 e. The van der Waals surface area contributed by atoms with E-state index in [-0.39, 0.29) is 50.0 Å². The molecule has 7 N–H and O–H groups in total. The molecule has 18 heteroatoms. The van der Waals surface area contributed by atoms with Crippen LogP contribution in [0.3, 0.4) is 0 Å². The van der Waals surface area contributed by atoms with Crippen molar-refractivity contribution in [3.8, 4) is 5.75 Å². The predicted molar refractivity (Wildman–Crippen MR) is 127 cm³/mol. The van der Waals surface area contributed by atoms with Gasteiger partial charge in [0, 0.05) is 29.3 Å². The number of hydrogen-bond donors (Lipinski definition) is 5. The van der Waals surface area contributed by atoms with Crippen LogP contribution in [0.1, 0.15) is 11.1 Å². The van der Waals surface area contributed by atoms with E-state index in [1.165, 1.54) is 24.3 Å². The molecule has 0 spiro atoms. The quantitative estimate of drug-likeness (QED) is 0.101. The van der Waals surface area contributed by atoms with Crippen molar-refractivity contribution in [2.45, 2.75) is 9.79 Å². The second kappa shape index (κ2) is 13.0. The monoisotopic (exact) mass is 614 g/mol. The van der Waals surface area contributed by atoms with Gasteiger partial charge in [0.05, 0.1) is 33.4 Å². The smallest absolute Gasteiger partial charge is 0.397 e. The topological polar surface area (TPSA) is 252 Å². The third-order valence-electron chi connectivity index (χ3n) is 4.12. The third-order valence-corrected chi connectivity index (χ3v) is 7.09. The van der Waals surface area contributed by atoms with Gasteiger partial charge in [-0.1, -0.05) is 18.7 Å². The molecule has 36 heavy (non-hydrogen) atoms. The van der Waals surface area contributed by atoms with E-state index in [1.807, 2.05) is 0 Å². The first-order valence-corrected chi connectivity index (χ1v) is 13.4. The Morgan fingerprint density at radius 2 is 1.72 bits per heavy atom. The van der Waals surface area contributed by atoms with Crippen LogP contribution in [0, 0.1) is 5.41 Å². The zero-order valence-corrected chi connectivity index (χ0v) is 21.3. The molecular formula is C18H21CuN3O11S3. The SMILES string of the molecule is C=Cc1cc(S(=O)(=O)O)cc(O)c1C(C=N)=NNc1cccc(S(=O)(=O)CCOS(=O)(=O)O)c1.O.[Cu]. The van der Waals surface area contributed by atoms with Crippen molar-refractivity contribution in [2.24, 2.45) is 5.10 Å². The Morgan fingerprint density at radius 1 is 1.08 bits per heavy atom. The number of benzene rings is 2. The minimum absolute atomic E-state index is 0. The number of nitrogens with zero attached hydrogens (tertiary/aromatic N) is 1. The van der Waals surface area contributed by atoms with Crippen molar-refractivity contribution in [2.75, 3.05) is 17.8 Å². The Bertz CT molecular complexity index is 1470. The van der Waals surface area contributed by atoms with Gasteiger partial charge in [0.1, 0.15) is 11.5 Å². The first kappa shape index (κ1) is 33.3. The van der Waals surface area contributed by atoms with Gasteiger partial charge in [-0.25, -0.2) is 12.6 Å². The summed E-state index contributed by atoms with van der Waals surface area (Å²) >= 11 is 0. The van der Waals surface area contributed by atoms with Gasteiger partial charge in [-0.2, -0.15) is 21.9 Å². The Balaban J connectivity index is 0.00000612. The van der Waals surface area contributed by atoms with E-state index >= 15 is 0 Å². The van der Waals surface area contributed by atoms with Crippen LogP contribution < -0.4 is 5.43 Å². The molecule has 0 saturated carbocycles. The van der Waals surface area contributed by atoms with E-state index in [4.69, 9.17) is 9.96 Å². The van der Waals surface area contributed by atoms with Crippen molar-refractivity contribution in [3.63, 3.8) is 0 Å². The Morgan fingerprint density at radius 3 is 2.25 bits per heavy atom. The minimum atomic E-state index is -4.80. The van der Waals surface area contributed by atoms with E-state index in [1.54, 1.807) is 0 Å². The third kappa shape index (κ3) is 9.08. The molecule has 203 valence electrons. The molecule has 0 bridgehead atoms. The van der Waals surface area contributed by atoms with Gasteiger partial charge in [-0.3, -0.25) is 14.5 Å². The molecule has 0 heterocycles. The van der Waals surface area contributed by atoms with Crippen molar-refractivity contribution in [3.05, 3.63) is 54.1 Å². The fourth-order valence-corrected chi connectivity index (χ4v) is 4.69. The summed E-state index contributed by atoms with van der Waals surface area (Å²) in [6.45, 7) is 2.69. The molecule has 0 aromatic heterocycles. The fourth-order valence-electron chi connectivity index (χ4n) is 2.62. The van der Waals surface area contributed by atoms with E-state index in [0.29, 0.717) is 0 Å². The average molecular weight is 615 g/mol. The van der Waals surface area contributed by atoms with Gasteiger partial charge in [0.15, 0.2) is 9.84 Å². The van der Waals surface area contributed by atoms with Crippen molar-refractivity contribution < 1.29 is 66.2 Å². The van der Waals surface area contributed by atoms with Crippen molar-refractivity contribution >= 4 is 54.0 Å². The minimum Gasteiger partial charge on any atom is -0.507 e. The van der Waals surface area contributed by atoms with Gasteiger partial charge < -0.3 is 16.0 Å². The molecule has 0 saturated heterocycles. The molecule has 1 radical (unpaired) electrons. The van der Waals surface area contributed by atoms with Crippen LogP contribution in [0.15, 0.2) is 57.9 Å². The molecule has 0 aliphatic heterocycles. The van der Waals surface area contributed by atoms with Crippen molar-refractivity contribution in [1.82, 2.24) is 0 Å². The summed E-state index contributed by atoms with van der Waals surface area (Å²) in [5, 5.41) is 21.8. The second-order valence-corrected chi connectivity index (χ2v) is 11.1. The first-order chi connectivity index (χ1) is 15.7. The second-order valence-electron chi connectivity index (χ2n) is 6.44. The van der Waals surface area contributed by atoms with Crippen LogP contribution in [0.25, 0.3) is 6.08 Å². The van der Waals surface area contributed by atoms with E-state index in [2.05, 4.69) is 21.3 Å². The normalized spacial score (nSPS) is 12.1. The summed E-state index contributed by atoms with van der Waals surface area (Å²) in [4.78, 5) is -0.827. The summed E-state index contributed by atoms with van der Waals surface area (Å²) in [6, 6.07) is 6.94. The standard InChI is InChI=1S/C18H19N3O10S3.Cu.H2O/c1-2-12-8-15(33(25,26)27)10-17(22)18(12)16(11-19)21-20-13-4-3-5-14(9-13)32(23,24)7-6-31-34(28,29)30;;/h2-5,8-11,19-20,22H,1,6-7H2,(H,25,26,27)(H,28,29,30);;1H2. The molecular weight excluding hydrogens is 594 g/mol. The Hall–Kier alpha value is -2.67. The fraction of sp³-hybridized carbons (Fsp3) is 0.111. The molecule has 0 amide bonds. The number of hydrogen-bond acceptors (Lipinski definition) is 11. The Kier molecular flexibility index (Phi) is 12.1. The molecule has 0 unspecified atom stereocenters. The molecule has 0 aliphatic rings. The zero-order valence-electron chi connectivity index (χ0n) is 17.9. The van der Waals surface area contributed by atoms with Gasteiger partial charge >= 0.3 is 10.4 Å². The first-order valence-electron chi connectivity index (χ1n) is 8.94. The number of aromatic hydroxyl groups is 1. The van der Waals surface area contributed by atoms with Crippen LogP contribution in [0.2, 0.25) is 0 Å². The molecule has 2 aromatic carbocycles. The van der Waals surface area contributed by atoms with Gasteiger partial charge in [-0.15, -0.1) is 0 Å². The molecule has 0 atom stereocenters. The number of rotatable bonds is 11. The zero-order chi connectivity index (χ0) is 25.7. The summed E-state index contributed by atoms with van der Waals surface area (Å²) in [5.41, 5.74) is 2.39. The predicted octanol–water partition coefficient (Wildman–Crippen LogP) is 0.514. The number of sulfone groups is 1. The van der Waals surface area contributed by atoms with Crippen LogP contribution in [0.4, 0.5) is 5.69 Å². The maximum absolute atomic E-state index is 12.4. The van der Waals surface area contributed by atoms with E-state index in [9.17, 15) is 34.9 Å². The average Bonchev–Trinajstić information content (AvgIpc) is 2.73. The molecule has 2 rings (SSSR count). The van der Waals surface area contributed by atoms with Crippen LogP contribution >= 0.6 is 0 Å². The van der Waals surface area contributed by atoms with Crippen LogP contribution in [0.5, 0.6) is 5.75 Å². The maximum Gasteiger partial charge on any atom is 0.397 e. The number of hydrazone groups is 1. The summed E-state index contributed by atoms with van der Waals surface area (Å²) < 4.78 is 90.3. The molecule has 0 fully saturated rings. The molecule has 0 aliphatic carbocycles. The number of anilines is 1. The number of phenolic OH excluding ortho intramolecular Hbond substituents is 1.